The zero-order valence-electron chi connectivity index (χ0n) is 6.41. The summed E-state index contributed by atoms with van der Waals surface area (Å²) in [7, 11) is -3.85. The summed E-state index contributed by atoms with van der Waals surface area (Å²) in [4.78, 5) is 10.0. The highest BCUT2D eigenvalue weighted by Gasteiger charge is 2.19. The summed E-state index contributed by atoms with van der Waals surface area (Å²) in [5.74, 6) is -0.240. The Balaban J connectivity index is 3.85. The van der Waals surface area contributed by atoms with Gasteiger partial charge in [0.25, 0.3) is 0 Å². The van der Waals surface area contributed by atoms with E-state index in [2.05, 4.69) is 0 Å². The van der Waals surface area contributed by atoms with E-state index in [-0.39, 0.29) is 5.75 Å². The summed E-state index contributed by atoms with van der Waals surface area (Å²) in [6.07, 6.45) is 2.08. The number of rotatable bonds is 4. The summed E-state index contributed by atoms with van der Waals surface area (Å²) >= 11 is 0. The van der Waals surface area contributed by atoms with E-state index in [4.69, 9.17) is 5.11 Å². The zero-order chi connectivity index (χ0) is 8.91. The molecule has 0 rings (SSSR count). The van der Waals surface area contributed by atoms with Crippen LogP contribution in [0.25, 0.3) is 0 Å². The normalized spacial score (nSPS) is 11.4. The van der Waals surface area contributed by atoms with Crippen molar-refractivity contribution in [2.75, 3.05) is 5.75 Å². The summed E-state index contributed by atoms with van der Waals surface area (Å²) in [6, 6.07) is 0. The van der Waals surface area contributed by atoms with Gasteiger partial charge in [0.2, 0.25) is 9.84 Å². The fourth-order valence-electron chi connectivity index (χ4n) is 0.629. The average Bonchev–Trinajstić information content (AvgIpc) is 1.88. The van der Waals surface area contributed by atoms with Crippen LogP contribution in [0, 0.1) is 0 Å². The van der Waals surface area contributed by atoms with E-state index >= 15 is 0 Å². The predicted octanol–water partition coefficient (Wildman–Crippen LogP) is 1.27. The number of sulfone groups is 1. The minimum Gasteiger partial charge on any atom is -0.470 e. The second-order valence-electron chi connectivity index (χ2n) is 2.29. The van der Waals surface area contributed by atoms with Crippen molar-refractivity contribution in [3.8, 4) is 0 Å². The minimum atomic E-state index is -3.85. The summed E-state index contributed by atoms with van der Waals surface area (Å²) in [5, 5.41) is 6.44. The molecule has 0 aromatic carbocycles. The van der Waals surface area contributed by atoms with Gasteiger partial charge in [-0.25, -0.2) is 13.2 Å². The molecule has 0 heterocycles. The second-order valence-corrected chi connectivity index (χ2v) is 4.28. The third-order valence-electron chi connectivity index (χ3n) is 1.28. The molecule has 1 N–H and O–H groups in total. The quantitative estimate of drug-likeness (QED) is 0.661. The second kappa shape index (κ2) is 4.33. The molecule has 0 aliphatic rings. The molecule has 5 heteroatoms. The molecular weight excluding hydrogens is 168 g/mol. The van der Waals surface area contributed by atoms with Crippen LogP contribution < -0.4 is 0 Å². The van der Waals surface area contributed by atoms with Gasteiger partial charge in [-0.15, -0.1) is 0 Å². The molecule has 0 aliphatic heterocycles. The van der Waals surface area contributed by atoms with Gasteiger partial charge in [-0.1, -0.05) is 19.8 Å². The molecule has 0 saturated carbocycles. The van der Waals surface area contributed by atoms with E-state index in [1.807, 2.05) is 6.92 Å². The van der Waals surface area contributed by atoms with Gasteiger partial charge in [0.15, 0.2) is 0 Å². The van der Waals surface area contributed by atoms with Gasteiger partial charge in [-0.3, -0.25) is 0 Å². The molecule has 0 spiro atoms. The van der Waals surface area contributed by atoms with Crippen molar-refractivity contribution < 1.29 is 18.3 Å². The molecule has 4 nitrogen and oxygen atoms in total. The third kappa shape index (κ3) is 3.98. The lowest BCUT2D eigenvalue weighted by atomic mass is 10.3. The van der Waals surface area contributed by atoms with E-state index in [9.17, 15) is 13.2 Å². The van der Waals surface area contributed by atoms with Crippen LogP contribution in [0.2, 0.25) is 0 Å². The first-order chi connectivity index (χ1) is 5.00. The Hall–Kier alpha value is -0.580. The molecule has 0 saturated heterocycles. The van der Waals surface area contributed by atoms with Crippen LogP contribution >= 0.6 is 0 Å². The van der Waals surface area contributed by atoms with Gasteiger partial charge in [-0.2, -0.15) is 0 Å². The third-order valence-corrected chi connectivity index (χ3v) is 2.64. The van der Waals surface area contributed by atoms with Crippen molar-refractivity contribution in [3.05, 3.63) is 0 Å². The Bertz CT molecular complexity index is 217. The average molecular weight is 180 g/mol. The highest BCUT2D eigenvalue weighted by molar-refractivity contribution is 8.05. The molecule has 0 unspecified atom stereocenters. The molecule has 0 aromatic rings. The number of carbonyl (C=O) groups is 1. The Kier molecular flexibility index (Phi) is 4.10. The monoisotopic (exact) mass is 180 g/mol. The molecular formula is C6H12O4S. The summed E-state index contributed by atoms with van der Waals surface area (Å²) in [6.45, 7) is 1.92. The van der Waals surface area contributed by atoms with Gasteiger partial charge in [0.05, 0.1) is 5.75 Å². The molecule has 0 aliphatic carbocycles. The molecule has 0 radical (unpaired) electrons. The van der Waals surface area contributed by atoms with E-state index in [0.29, 0.717) is 6.42 Å². The van der Waals surface area contributed by atoms with Gasteiger partial charge in [-0.05, 0) is 6.42 Å². The summed E-state index contributed by atoms with van der Waals surface area (Å²) in [5.41, 5.74) is 0. The minimum absolute atomic E-state index is 0.240. The Morgan fingerprint density at radius 2 is 1.91 bits per heavy atom. The zero-order valence-corrected chi connectivity index (χ0v) is 7.23. The lowest BCUT2D eigenvalue weighted by Gasteiger charge is -1.96. The van der Waals surface area contributed by atoms with Crippen molar-refractivity contribution in [1.29, 1.82) is 0 Å². The van der Waals surface area contributed by atoms with Gasteiger partial charge < -0.3 is 5.11 Å². The number of hydrogen-bond donors (Lipinski definition) is 1. The molecule has 0 atom stereocenters. The van der Waals surface area contributed by atoms with Crippen molar-refractivity contribution in [2.45, 2.75) is 26.2 Å². The SMILES string of the molecule is CCCCCS(=O)(=O)C(=O)O. The maximum atomic E-state index is 10.6. The van der Waals surface area contributed by atoms with E-state index in [1.165, 1.54) is 0 Å². The van der Waals surface area contributed by atoms with Crippen molar-refractivity contribution in [2.24, 2.45) is 0 Å². The van der Waals surface area contributed by atoms with Crippen LogP contribution in [0.15, 0.2) is 0 Å². The Labute approximate surface area is 66.1 Å². The maximum Gasteiger partial charge on any atom is 0.422 e. The molecule has 66 valence electrons. The van der Waals surface area contributed by atoms with Crippen LogP contribution in [0.5, 0.6) is 0 Å². The van der Waals surface area contributed by atoms with Crippen molar-refractivity contribution in [3.63, 3.8) is 0 Å². The van der Waals surface area contributed by atoms with Gasteiger partial charge >= 0.3 is 5.30 Å². The summed E-state index contributed by atoms with van der Waals surface area (Å²) < 4.78 is 21.2. The van der Waals surface area contributed by atoms with Crippen LogP contribution in [-0.2, 0) is 9.84 Å². The standard InChI is InChI=1S/C6H12O4S/c1-2-3-4-5-11(9,10)6(7)8/h2-5H2,1H3,(H,7,8). The van der Waals surface area contributed by atoms with Gasteiger partial charge in [0, 0.05) is 0 Å². The number of carboxylic acid groups (broad SMARTS) is 1. The lowest BCUT2D eigenvalue weighted by Crippen LogP contribution is -2.15. The smallest absolute Gasteiger partial charge is 0.422 e. The molecule has 0 fully saturated rings. The Morgan fingerprint density at radius 1 is 1.36 bits per heavy atom. The molecule has 11 heavy (non-hydrogen) atoms. The first-order valence-corrected chi connectivity index (χ1v) is 5.11. The topological polar surface area (TPSA) is 71.4 Å². The van der Waals surface area contributed by atoms with Crippen LogP contribution in [0.3, 0.4) is 0 Å². The van der Waals surface area contributed by atoms with Crippen LogP contribution in [0.1, 0.15) is 26.2 Å². The first kappa shape index (κ1) is 10.4. The molecule has 0 bridgehead atoms. The highest BCUT2D eigenvalue weighted by Crippen LogP contribution is 2.00. The molecule has 0 aromatic heterocycles. The maximum absolute atomic E-state index is 10.6. The molecule has 0 amide bonds. The number of unbranched alkanes of at least 4 members (excludes halogenated alkanes) is 2. The van der Waals surface area contributed by atoms with Crippen LogP contribution in [-0.4, -0.2) is 24.6 Å². The first-order valence-electron chi connectivity index (χ1n) is 3.46. The van der Waals surface area contributed by atoms with Crippen molar-refractivity contribution in [1.82, 2.24) is 0 Å². The fourth-order valence-corrected chi connectivity index (χ4v) is 1.39. The van der Waals surface area contributed by atoms with E-state index in [1.54, 1.807) is 0 Å². The van der Waals surface area contributed by atoms with Crippen molar-refractivity contribution >= 4 is 15.1 Å². The number of hydrogen-bond acceptors (Lipinski definition) is 3. The highest BCUT2D eigenvalue weighted by atomic mass is 32.2. The van der Waals surface area contributed by atoms with Crippen LogP contribution in [0.4, 0.5) is 4.79 Å². The fraction of sp³-hybridized carbons (Fsp3) is 0.833. The van der Waals surface area contributed by atoms with E-state index in [0.717, 1.165) is 12.8 Å². The largest absolute Gasteiger partial charge is 0.470 e. The van der Waals surface area contributed by atoms with Gasteiger partial charge in [0.1, 0.15) is 0 Å². The predicted molar refractivity (Wildman–Crippen MR) is 41.3 cm³/mol. The Morgan fingerprint density at radius 3 is 2.27 bits per heavy atom. The lowest BCUT2D eigenvalue weighted by molar-refractivity contribution is 0.219. The van der Waals surface area contributed by atoms with E-state index < -0.39 is 15.1 Å².